The molecule has 2 aliphatic rings. The summed E-state index contributed by atoms with van der Waals surface area (Å²) in [4.78, 5) is 4.32. The Bertz CT molecular complexity index is 191. The number of nitrogens with zero attached hydrogens (tertiary/aromatic N) is 1. The monoisotopic (exact) mass is 168 g/mol. The molecule has 0 aromatic carbocycles. The zero-order chi connectivity index (χ0) is 8.39. The molecule has 0 saturated heterocycles. The van der Waals surface area contributed by atoms with Crippen molar-refractivity contribution >= 4 is 5.90 Å². The lowest BCUT2D eigenvalue weighted by atomic mass is 9.85. The lowest BCUT2D eigenvalue weighted by molar-refractivity contribution is 0.283. The van der Waals surface area contributed by atoms with Crippen molar-refractivity contribution in [1.82, 2.24) is 0 Å². The highest BCUT2D eigenvalue weighted by Crippen LogP contribution is 2.25. The molecule has 2 atom stereocenters. The van der Waals surface area contributed by atoms with E-state index in [-0.39, 0.29) is 6.04 Å². The van der Waals surface area contributed by atoms with Crippen LogP contribution in [0.15, 0.2) is 4.99 Å². The molecule has 12 heavy (non-hydrogen) atoms. The van der Waals surface area contributed by atoms with Crippen molar-refractivity contribution in [3.8, 4) is 0 Å². The molecule has 68 valence electrons. The second-order valence-corrected chi connectivity index (χ2v) is 3.62. The molecule has 0 spiro atoms. The van der Waals surface area contributed by atoms with Gasteiger partial charge < -0.3 is 10.5 Å². The van der Waals surface area contributed by atoms with E-state index in [1.807, 2.05) is 0 Å². The minimum atomic E-state index is 0.288. The number of ether oxygens (including phenoxy) is 1. The lowest BCUT2D eigenvalue weighted by Gasteiger charge is -2.27. The molecule has 1 saturated carbocycles. The SMILES string of the molecule is NC1CCCCC1C1=NCCO1. The normalized spacial score (nSPS) is 35.9. The number of nitrogens with two attached hydrogens (primary N) is 1. The van der Waals surface area contributed by atoms with Gasteiger partial charge >= 0.3 is 0 Å². The van der Waals surface area contributed by atoms with E-state index in [4.69, 9.17) is 10.5 Å². The third kappa shape index (κ3) is 1.46. The zero-order valence-electron chi connectivity index (χ0n) is 7.33. The van der Waals surface area contributed by atoms with Crippen molar-refractivity contribution in [1.29, 1.82) is 0 Å². The topological polar surface area (TPSA) is 47.6 Å². The summed E-state index contributed by atoms with van der Waals surface area (Å²) in [5, 5.41) is 0. The average Bonchev–Trinajstić information content (AvgIpc) is 2.57. The smallest absolute Gasteiger partial charge is 0.188 e. The van der Waals surface area contributed by atoms with Gasteiger partial charge in [-0.3, -0.25) is 4.99 Å². The predicted octanol–water partition coefficient (Wildman–Crippen LogP) is 0.933. The fourth-order valence-corrected chi connectivity index (χ4v) is 2.04. The predicted molar refractivity (Wildman–Crippen MR) is 48.2 cm³/mol. The van der Waals surface area contributed by atoms with E-state index in [9.17, 15) is 0 Å². The highest BCUT2D eigenvalue weighted by atomic mass is 16.5. The number of rotatable bonds is 1. The standard InChI is InChI=1S/C9H16N2O/c10-8-4-2-1-3-7(8)9-11-5-6-12-9/h7-8H,1-6,10H2. The molecule has 2 N–H and O–H groups in total. The van der Waals surface area contributed by atoms with Gasteiger partial charge in [0, 0.05) is 12.0 Å². The lowest BCUT2D eigenvalue weighted by Crippen LogP contribution is -2.38. The summed E-state index contributed by atoms with van der Waals surface area (Å²) in [5.41, 5.74) is 6.00. The van der Waals surface area contributed by atoms with E-state index in [0.29, 0.717) is 5.92 Å². The molecular weight excluding hydrogens is 152 g/mol. The summed E-state index contributed by atoms with van der Waals surface area (Å²) >= 11 is 0. The van der Waals surface area contributed by atoms with Crippen LogP contribution in [0.4, 0.5) is 0 Å². The van der Waals surface area contributed by atoms with Crippen LogP contribution in [-0.4, -0.2) is 25.1 Å². The van der Waals surface area contributed by atoms with Crippen LogP contribution >= 0.6 is 0 Å². The first-order valence-electron chi connectivity index (χ1n) is 4.80. The van der Waals surface area contributed by atoms with Crippen LogP contribution in [-0.2, 0) is 4.74 Å². The van der Waals surface area contributed by atoms with E-state index in [1.54, 1.807) is 0 Å². The van der Waals surface area contributed by atoms with E-state index >= 15 is 0 Å². The van der Waals surface area contributed by atoms with Crippen LogP contribution < -0.4 is 5.73 Å². The Balaban J connectivity index is 2.00. The third-order valence-electron chi connectivity index (χ3n) is 2.75. The summed E-state index contributed by atoms with van der Waals surface area (Å²) in [6.07, 6.45) is 4.85. The summed E-state index contributed by atoms with van der Waals surface area (Å²) in [5.74, 6) is 1.35. The van der Waals surface area contributed by atoms with Crippen molar-refractivity contribution in [2.45, 2.75) is 31.7 Å². The molecule has 3 nitrogen and oxygen atoms in total. The maximum atomic E-state index is 6.00. The van der Waals surface area contributed by atoms with Gasteiger partial charge in [0.1, 0.15) is 6.61 Å². The molecule has 0 bridgehead atoms. The van der Waals surface area contributed by atoms with Crippen LogP contribution in [0.5, 0.6) is 0 Å². The molecule has 0 aromatic rings. The summed E-state index contributed by atoms with van der Waals surface area (Å²) in [6.45, 7) is 1.59. The van der Waals surface area contributed by atoms with Gasteiger partial charge in [-0.1, -0.05) is 12.8 Å². The van der Waals surface area contributed by atoms with Gasteiger partial charge in [0.2, 0.25) is 0 Å². The maximum Gasteiger partial charge on any atom is 0.188 e. The number of hydrogen-bond donors (Lipinski definition) is 1. The van der Waals surface area contributed by atoms with Gasteiger partial charge in [0.25, 0.3) is 0 Å². The van der Waals surface area contributed by atoms with Crippen molar-refractivity contribution in [3.63, 3.8) is 0 Å². The van der Waals surface area contributed by atoms with Crippen LogP contribution in [0.25, 0.3) is 0 Å². The van der Waals surface area contributed by atoms with Crippen LogP contribution in [0, 0.1) is 5.92 Å². The Hall–Kier alpha value is -0.570. The Morgan fingerprint density at radius 1 is 1.33 bits per heavy atom. The van der Waals surface area contributed by atoms with Crippen molar-refractivity contribution in [2.24, 2.45) is 16.6 Å². The summed E-state index contributed by atoms with van der Waals surface area (Å²) < 4.78 is 5.43. The van der Waals surface area contributed by atoms with Crippen molar-refractivity contribution in [2.75, 3.05) is 13.2 Å². The quantitative estimate of drug-likeness (QED) is 0.633. The van der Waals surface area contributed by atoms with Gasteiger partial charge in [-0.05, 0) is 12.8 Å². The van der Waals surface area contributed by atoms with E-state index in [1.165, 1.54) is 19.3 Å². The largest absolute Gasteiger partial charge is 0.479 e. The highest BCUT2D eigenvalue weighted by molar-refractivity contribution is 5.80. The van der Waals surface area contributed by atoms with E-state index in [0.717, 1.165) is 25.5 Å². The van der Waals surface area contributed by atoms with Gasteiger partial charge in [-0.25, -0.2) is 0 Å². The first-order valence-corrected chi connectivity index (χ1v) is 4.80. The molecule has 1 aliphatic carbocycles. The highest BCUT2D eigenvalue weighted by Gasteiger charge is 2.29. The third-order valence-corrected chi connectivity index (χ3v) is 2.75. The van der Waals surface area contributed by atoms with Gasteiger partial charge in [-0.15, -0.1) is 0 Å². The van der Waals surface area contributed by atoms with Crippen LogP contribution in [0.3, 0.4) is 0 Å². The van der Waals surface area contributed by atoms with Gasteiger partial charge in [0.05, 0.1) is 6.54 Å². The number of aliphatic imine (C=N–C) groups is 1. The molecule has 3 heteroatoms. The first-order chi connectivity index (χ1) is 5.88. The Morgan fingerprint density at radius 2 is 2.17 bits per heavy atom. The fourth-order valence-electron chi connectivity index (χ4n) is 2.04. The van der Waals surface area contributed by atoms with E-state index < -0.39 is 0 Å². The minimum absolute atomic E-state index is 0.288. The van der Waals surface area contributed by atoms with Gasteiger partial charge in [-0.2, -0.15) is 0 Å². The molecule has 2 unspecified atom stereocenters. The molecule has 1 fully saturated rings. The second kappa shape index (κ2) is 3.44. The Kier molecular flexibility index (Phi) is 2.30. The molecule has 1 heterocycles. The zero-order valence-corrected chi connectivity index (χ0v) is 7.33. The summed E-state index contributed by atoms with van der Waals surface area (Å²) in [7, 11) is 0. The van der Waals surface area contributed by atoms with Crippen molar-refractivity contribution < 1.29 is 4.74 Å². The molecular formula is C9H16N2O. The maximum absolute atomic E-state index is 6.00. The van der Waals surface area contributed by atoms with Crippen molar-refractivity contribution in [3.05, 3.63) is 0 Å². The second-order valence-electron chi connectivity index (χ2n) is 3.62. The summed E-state index contributed by atoms with van der Waals surface area (Å²) in [6, 6.07) is 0.288. The molecule has 0 amide bonds. The Morgan fingerprint density at radius 3 is 2.83 bits per heavy atom. The molecule has 0 radical (unpaired) electrons. The average molecular weight is 168 g/mol. The Labute approximate surface area is 73.0 Å². The number of hydrogen-bond acceptors (Lipinski definition) is 3. The minimum Gasteiger partial charge on any atom is -0.479 e. The van der Waals surface area contributed by atoms with Crippen LogP contribution in [0.1, 0.15) is 25.7 Å². The molecule has 1 aliphatic heterocycles. The first kappa shape index (κ1) is 8.05. The van der Waals surface area contributed by atoms with Gasteiger partial charge in [0.15, 0.2) is 5.90 Å². The van der Waals surface area contributed by atoms with E-state index in [2.05, 4.69) is 4.99 Å². The van der Waals surface area contributed by atoms with Crippen LogP contribution in [0.2, 0.25) is 0 Å². The molecule has 2 rings (SSSR count). The fraction of sp³-hybridized carbons (Fsp3) is 0.889. The molecule has 0 aromatic heterocycles.